The highest BCUT2D eigenvalue weighted by Gasteiger charge is 2.03. The van der Waals surface area contributed by atoms with Gasteiger partial charge in [0.2, 0.25) is 0 Å². The van der Waals surface area contributed by atoms with E-state index in [1.165, 1.54) is 11.1 Å². The molecule has 0 aliphatic rings. The second kappa shape index (κ2) is 7.72. The zero-order chi connectivity index (χ0) is 15.1. The summed E-state index contributed by atoms with van der Waals surface area (Å²) in [5.41, 5.74) is 3.85. The van der Waals surface area contributed by atoms with Gasteiger partial charge in [-0.15, -0.1) is 0 Å². The van der Waals surface area contributed by atoms with Crippen LogP contribution >= 0.6 is 0 Å². The van der Waals surface area contributed by atoms with E-state index in [1.807, 2.05) is 12.1 Å². The second-order valence-corrected chi connectivity index (χ2v) is 5.34. The van der Waals surface area contributed by atoms with Crippen LogP contribution in [-0.4, -0.2) is 6.10 Å². The number of aryl methyl sites for hydroxylation is 1. The van der Waals surface area contributed by atoms with Crippen LogP contribution in [0, 0.1) is 0 Å². The summed E-state index contributed by atoms with van der Waals surface area (Å²) >= 11 is 0. The van der Waals surface area contributed by atoms with Crippen molar-refractivity contribution in [1.82, 2.24) is 0 Å². The van der Waals surface area contributed by atoms with Crippen LogP contribution in [0.4, 0.5) is 5.69 Å². The van der Waals surface area contributed by atoms with E-state index in [4.69, 9.17) is 4.74 Å². The fraction of sp³-hybridized carbons (Fsp3) is 0.368. The van der Waals surface area contributed by atoms with Crippen molar-refractivity contribution in [2.45, 2.75) is 46.3 Å². The van der Waals surface area contributed by atoms with Crippen molar-refractivity contribution in [1.29, 1.82) is 0 Å². The number of anilines is 1. The Morgan fingerprint density at radius 2 is 1.76 bits per heavy atom. The monoisotopic (exact) mass is 283 g/mol. The molecule has 21 heavy (non-hydrogen) atoms. The number of hydrogen-bond donors (Lipinski definition) is 1. The molecule has 0 saturated carbocycles. The summed E-state index contributed by atoms with van der Waals surface area (Å²) in [6.07, 6.45) is 2.33. The van der Waals surface area contributed by atoms with Gasteiger partial charge in [0.05, 0.1) is 6.10 Å². The zero-order valence-corrected chi connectivity index (χ0v) is 13.2. The quantitative estimate of drug-likeness (QED) is 0.768. The minimum absolute atomic E-state index is 0.251. The van der Waals surface area contributed by atoms with Crippen LogP contribution < -0.4 is 10.1 Å². The van der Waals surface area contributed by atoms with Crippen LogP contribution in [0.25, 0.3) is 0 Å². The van der Waals surface area contributed by atoms with Crippen LogP contribution in [0.15, 0.2) is 48.5 Å². The first kappa shape index (κ1) is 15.4. The van der Waals surface area contributed by atoms with Gasteiger partial charge in [-0.2, -0.15) is 0 Å². The summed E-state index contributed by atoms with van der Waals surface area (Å²) in [4.78, 5) is 0. The van der Waals surface area contributed by atoms with E-state index in [1.54, 1.807) is 0 Å². The lowest BCUT2D eigenvalue weighted by Crippen LogP contribution is -2.10. The van der Waals surface area contributed by atoms with E-state index in [2.05, 4.69) is 62.5 Å². The summed E-state index contributed by atoms with van der Waals surface area (Å²) in [6, 6.07) is 16.8. The van der Waals surface area contributed by atoms with Gasteiger partial charge < -0.3 is 10.1 Å². The Labute approximate surface area is 128 Å². The van der Waals surface area contributed by atoms with E-state index in [9.17, 15) is 0 Å². The van der Waals surface area contributed by atoms with Gasteiger partial charge in [0.15, 0.2) is 0 Å². The molecule has 1 atom stereocenters. The molecule has 0 aliphatic carbocycles. The lowest BCUT2D eigenvalue weighted by atomic mass is 10.1. The van der Waals surface area contributed by atoms with Crippen molar-refractivity contribution in [3.05, 3.63) is 59.7 Å². The summed E-state index contributed by atoms with van der Waals surface area (Å²) in [5.74, 6) is 0.929. The largest absolute Gasteiger partial charge is 0.491 e. The summed E-state index contributed by atoms with van der Waals surface area (Å²) < 4.78 is 5.86. The molecule has 2 nitrogen and oxygen atoms in total. The van der Waals surface area contributed by atoms with Crippen LogP contribution in [0.5, 0.6) is 5.75 Å². The van der Waals surface area contributed by atoms with Crippen LogP contribution in [-0.2, 0) is 13.0 Å². The first-order valence-electron chi connectivity index (χ1n) is 7.80. The van der Waals surface area contributed by atoms with Crippen molar-refractivity contribution >= 4 is 5.69 Å². The number of hydrogen-bond acceptors (Lipinski definition) is 2. The SMILES string of the molecule is CCc1ccccc1CNc1cccc(OC(C)CC)c1. The molecule has 112 valence electrons. The maximum absolute atomic E-state index is 5.86. The van der Waals surface area contributed by atoms with E-state index < -0.39 is 0 Å². The van der Waals surface area contributed by atoms with Gasteiger partial charge in [0, 0.05) is 18.3 Å². The topological polar surface area (TPSA) is 21.3 Å². The molecule has 2 aromatic rings. The summed E-state index contributed by atoms with van der Waals surface area (Å²) in [7, 11) is 0. The van der Waals surface area contributed by atoms with E-state index in [0.717, 1.165) is 30.8 Å². The molecule has 0 bridgehead atoms. The lowest BCUT2D eigenvalue weighted by Gasteiger charge is -2.14. The highest BCUT2D eigenvalue weighted by atomic mass is 16.5. The lowest BCUT2D eigenvalue weighted by molar-refractivity contribution is 0.217. The predicted octanol–water partition coefficient (Wildman–Crippen LogP) is 5.04. The number of benzene rings is 2. The highest BCUT2D eigenvalue weighted by molar-refractivity contribution is 5.49. The van der Waals surface area contributed by atoms with Crippen LogP contribution in [0.1, 0.15) is 38.3 Å². The molecule has 1 unspecified atom stereocenters. The Morgan fingerprint density at radius 3 is 2.48 bits per heavy atom. The van der Waals surface area contributed by atoms with Crippen molar-refractivity contribution in [2.75, 3.05) is 5.32 Å². The molecule has 0 radical (unpaired) electrons. The van der Waals surface area contributed by atoms with Crippen LogP contribution in [0.2, 0.25) is 0 Å². The third-order valence-electron chi connectivity index (χ3n) is 3.73. The van der Waals surface area contributed by atoms with Gasteiger partial charge in [-0.25, -0.2) is 0 Å². The molecular weight excluding hydrogens is 258 g/mol. The molecule has 0 fully saturated rings. The molecule has 0 amide bonds. The Balaban J connectivity index is 2.01. The average Bonchev–Trinajstić information content (AvgIpc) is 2.53. The summed E-state index contributed by atoms with van der Waals surface area (Å²) in [6.45, 7) is 7.27. The fourth-order valence-corrected chi connectivity index (χ4v) is 2.27. The normalized spacial score (nSPS) is 12.0. The van der Waals surface area contributed by atoms with E-state index >= 15 is 0 Å². The van der Waals surface area contributed by atoms with Gasteiger partial charge >= 0.3 is 0 Å². The Morgan fingerprint density at radius 1 is 1.00 bits per heavy atom. The van der Waals surface area contributed by atoms with Gasteiger partial charge in [0.25, 0.3) is 0 Å². The predicted molar refractivity (Wildman–Crippen MR) is 90.0 cm³/mol. The van der Waals surface area contributed by atoms with Gasteiger partial charge in [-0.1, -0.05) is 44.2 Å². The van der Waals surface area contributed by atoms with E-state index in [0.29, 0.717) is 0 Å². The minimum Gasteiger partial charge on any atom is -0.491 e. The Hall–Kier alpha value is -1.96. The molecule has 2 heteroatoms. The van der Waals surface area contributed by atoms with Gasteiger partial charge in [0.1, 0.15) is 5.75 Å². The van der Waals surface area contributed by atoms with Crippen molar-refractivity contribution in [3.63, 3.8) is 0 Å². The molecule has 0 aromatic heterocycles. The molecular formula is C19H25NO. The first-order chi connectivity index (χ1) is 10.2. The molecule has 0 spiro atoms. The smallest absolute Gasteiger partial charge is 0.121 e. The number of ether oxygens (including phenoxy) is 1. The molecule has 0 heterocycles. The summed E-state index contributed by atoms with van der Waals surface area (Å²) in [5, 5.41) is 3.49. The maximum atomic E-state index is 5.86. The van der Waals surface area contributed by atoms with Crippen molar-refractivity contribution in [3.8, 4) is 5.75 Å². The van der Waals surface area contributed by atoms with Crippen molar-refractivity contribution in [2.24, 2.45) is 0 Å². The van der Waals surface area contributed by atoms with Crippen LogP contribution in [0.3, 0.4) is 0 Å². The standard InChI is InChI=1S/C19H25NO/c1-4-15(3)21-19-12-8-11-18(13-19)20-14-17-10-7-6-9-16(17)5-2/h6-13,15,20H,4-5,14H2,1-3H3. The zero-order valence-electron chi connectivity index (χ0n) is 13.2. The minimum atomic E-state index is 0.251. The molecule has 2 rings (SSSR count). The third-order valence-corrected chi connectivity index (χ3v) is 3.73. The molecule has 1 N–H and O–H groups in total. The molecule has 2 aromatic carbocycles. The molecule has 0 saturated heterocycles. The number of nitrogens with one attached hydrogen (secondary N) is 1. The van der Waals surface area contributed by atoms with Crippen molar-refractivity contribution < 1.29 is 4.74 Å². The average molecular weight is 283 g/mol. The third kappa shape index (κ3) is 4.52. The number of rotatable bonds is 7. The molecule has 0 aliphatic heterocycles. The second-order valence-electron chi connectivity index (χ2n) is 5.34. The Kier molecular flexibility index (Phi) is 5.68. The maximum Gasteiger partial charge on any atom is 0.121 e. The highest BCUT2D eigenvalue weighted by Crippen LogP contribution is 2.20. The first-order valence-corrected chi connectivity index (χ1v) is 7.80. The Bertz CT molecular complexity index is 565. The van der Waals surface area contributed by atoms with E-state index in [-0.39, 0.29) is 6.10 Å². The fourth-order valence-electron chi connectivity index (χ4n) is 2.27. The van der Waals surface area contributed by atoms with Gasteiger partial charge in [-0.3, -0.25) is 0 Å². The van der Waals surface area contributed by atoms with Gasteiger partial charge in [-0.05, 0) is 43.0 Å².